The first kappa shape index (κ1) is 17.5. The molecular formula is C19H19FN4O2. The molecule has 0 atom stereocenters. The number of nitrogens with one attached hydrogen (secondary N) is 2. The highest BCUT2D eigenvalue weighted by Gasteiger charge is 2.03. The molecule has 0 bridgehead atoms. The van der Waals surface area contributed by atoms with Gasteiger partial charge >= 0.3 is 6.03 Å². The second kappa shape index (κ2) is 8.66. The van der Waals surface area contributed by atoms with E-state index in [0.29, 0.717) is 23.7 Å². The summed E-state index contributed by atoms with van der Waals surface area (Å²) in [5.74, 6) is 0.619. The number of anilines is 1. The van der Waals surface area contributed by atoms with E-state index in [4.69, 9.17) is 4.74 Å². The molecule has 26 heavy (non-hydrogen) atoms. The lowest BCUT2D eigenvalue weighted by Gasteiger charge is -2.09. The number of ether oxygens (including phenoxy) is 1. The average Bonchev–Trinajstić information content (AvgIpc) is 3.14. The van der Waals surface area contributed by atoms with Crippen LogP contribution in [-0.2, 0) is 6.54 Å². The first-order valence-corrected chi connectivity index (χ1v) is 8.23. The highest BCUT2D eigenvalue weighted by Crippen LogP contribution is 2.23. The summed E-state index contributed by atoms with van der Waals surface area (Å²) in [6, 6.07) is 12.5. The first-order chi connectivity index (χ1) is 12.7. The zero-order chi connectivity index (χ0) is 18.2. The van der Waals surface area contributed by atoms with Crippen LogP contribution in [0.3, 0.4) is 0 Å². The summed E-state index contributed by atoms with van der Waals surface area (Å²) in [6.07, 6.45) is 6.16. The lowest BCUT2D eigenvalue weighted by molar-refractivity contribution is 0.252. The van der Waals surface area contributed by atoms with Gasteiger partial charge in [-0.2, -0.15) is 0 Å². The number of rotatable bonds is 7. The van der Waals surface area contributed by atoms with Gasteiger partial charge in [-0.3, -0.25) is 0 Å². The number of aryl methyl sites for hydroxylation is 1. The van der Waals surface area contributed by atoms with Crippen molar-refractivity contribution in [1.29, 1.82) is 0 Å². The molecule has 0 fully saturated rings. The smallest absolute Gasteiger partial charge is 0.319 e. The highest BCUT2D eigenvalue weighted by molar-refractivity contribution is 5.89. The van der Waals surface area contributed by atoms with Crippen molar-refractivity contribution in [1.82, 2.24) is 14.9 Å². The fourth-order valence-corrected chi connectivity index (χ4v) is 2.33. The summed E-state index contributed by atoms with van der Waals surface area (Å²) in [6.45, 7) is 1.36. The topological polar surface area (TPSA) is 68.2 Å². The van der Waals surface area contributed by atoms with Crippen molar-refractivity contribution in [3.8, 4) is 11.5 Å². The van der Waals surface area contributed by atoms with Gasteiger partial charge in [0.2, 0.25) is 0 Å². The molecule has 2 amide bonds. The number of halogens is 1. The van der Waals surface area contributed by atoms with Crippen LogP contribution < -0.4 is 15.4 Å². The number of carbonyl (C=O) groups is 1. The van der Waals surface area contributed by atoms with Crippen LogP contribution in [0.15, 0.2) is 67.3 Å². The quantitative estimate of drug-likeness (QED) is 0.630. The van der Waals surface area contributed by atoms with Crippen LogP contribution in [0.1, 0.15) is 6.42 Å². The highest BCUT2D eigenvalue weighted by atomic mass is 19.1. The number of amides is 2. The molecule has 1 aromatic heterocycles. The SMILES string of the molecule is O=C(NCCCn1ccnc1)Nc1ccc(Oc2cccc(F)c2)cc1. The van der Waals surface area contributed by atoms with Gasteiger partial charge in [-0.1, -0.05) is 6.07 Å². The molecule has 0 aliphatic heterocycles. The van der Waals surface area contributed by atoms with Gasteiger partial charge in [-0.15, -0.1) is 0 Å². The van der Waals surface area contributed by atoms with E-state index in [9.17, 15) is 9.18 Å². The number of aromatic nitrogens is 2. The van der Waals surface area contributed by atoms with Crippen molar-refractivity contribution in [3.63, 3.8) is 0 Å². The second-order valence-electron chi connectivity index (χ2n) is 5.62. The van der Waals surface area contributed by atoms with E-state index in [2.05, 4.69) is 15.6 Å². The van der Waals surface area contributed by atoms with Crippen molar-refractivity contribution in [2.24, 2.45) is 0 Å². The lowest BCUT2D eigenvalue weighted by Crippen LogP contribution is -2.29. The van der Waals surface area contributed by atoms with Gasteiger partial charge in [0.05, 0.1) is 6.33 Å². The number of imidazole rings is 1. The van der Waals surface area contributed by atoms with Crippen LogP contribution in [0.2, 0.25) is 0 Å². The van der Waals surface area contributed by atoms with E-state index in [1.807, 2.05) is 10.8 Å². The van der Waals surface area contributed by atoms with Crippen molar-refractivity contribution in [2.45, 2.75) is 13.0 Å². The van der Waals surface area contributed by atoms with E-state index < -0.39 is 0 Å². The van der Waals surface area contributed by atoms with Crippen molar-refractivity contribution in [2.75, 3.05) is 11.9 Å². The van der Waals surface area contributed by atoms with Crippen molar-refractivity contribution in [3.05, 3.63) is 73.1 Å². The Balaban J connectivity index is 1.42. The molecule has 1 heterocycles. The Morgan fingerprint density at radius 3 is 2.73 bits per heavy atom. The third-order valence-electron chi connectivity index (χ3n) is 3.58. The largest absolute Gasteiger partial charge is 0.457 e. The second-order valence-corrected chi connectivity index (χ2v) is 5.62. The molecule has 3 rings (SSSR count). The molecule has 0 aliphatic rings. The van der Waals surface area contributed by atoms with Gasteiger partial charge in [-0.05, 0) is 42.8 Å². The standard InChI is InChI=1S/C19H19FN4O2/c20-15-3-1-4-18(13-15)26-17-7-5-16(6-8-17)23-19(25)22-9-2-11-24-12-10-21-14-24/h1,3-8,10,12-14H,2,9,11H2,(H2,22,23,25). The van der Waals surface area contributed by atoms with E-state index in [-0.39, 0.29) is 11.8 Å². The number of hydrogen-bond donors (Lipinski definition) is 2. The van der Waals surface area contributed by atoms with Gasteiger partial charge in [0.15, 0.2) is 0 Å². The minimum Gasteiger partial charge on any atom is -0.457 e. The van der Waals surface area contributed by atoms with Gasteiger partial charge < -0.3 is 19.9 Å². The van der Waals surface area contributed by atoms with Crippen LogP contribution in [-0.4, -0.2) is 22.1 Å². The molecular weight excluding hydrogens is 335 g/mol. The number of urea groups is 1. The predicted molar refractivity (Wildman–Crippen MR) is 96.8 cm³/mol. The molecule has 3 aromatic rings. The first-order valence-electron chi connectivity index (χ1n) is 8.23. The van der Waals surface area contributed by atoms with Crippen LogP contribution in [0.4, 0.5) is 14.9 Å². The lowest BCUT2D eigenvalue weighted by atomic mass is 10.3. The number of benzene rings is 2. The Morgan fingerprint density at radius 2 is 2.00 bits per heavy atom. The average molecular weight is 354 g/mol. The normalized spacial score (nSPS) is 10.3. The molecule has 7 heteroatoms. The maximum atomic E-state index is 13.1. The van der Waals surface area contributed by atoms with Gasteiger partial charge in [0, 0.05) is 37.2 Å². The van der Waals surface area contributed by atoms with Crippen molar-refractivity contribution < 1.29 is 13.9 Å². The predicted octanol–water partition coefficient (Wildman–Crippen LogP) is 4.03. The summed E-state index contributed by atoms with van der Waals surface area (Å²) in [5, 5.41) is 5.55. The van der Waals surface area contributed by atoms with Crippen LogP contribution >= 0.6 is 0 Å². The third kappa shape index (κ3) is 5.34. The Bertz CT molecular complexity index is 835. The molecule has 0 radical (unpaired) electrons. The van der Waals surface area contributed by atoms with Gasteiger partial charge in [-0.25, -0.2) is 14.2 Å². The van der Waals surface area contributed by atoms with E-state index in [0.717, 1.165) is 13.0 Å². The molecule has 0 unspecified atom stereocenters. The van der Waals surface area contributed by atoms with E-state index >= 15 is 0 Å². The molecule has 0 spiro atoms. The number of hydrogen-bond acceptors (Lipinski definition) is 3. The monoisotopic (exact) mass is 354 g/mol. The fraction of sp³-hybridized carbons (Fsp3) is 0.158. The zero-order valence-corrected chi connectivity index (χ0v) is 14.1. The minimum absolute atomic E-state index is 0.269. The van der Waals surface area contributed by atoms with E-state index in [1.165, 1.54) is 12.1 Å². The minimum atomic E-state index is -0.356. The van der Waals surface area contributed by atoms with Crippen LogP contribution in [0.5, 0.6) is 11.5 Å². The molecule has 6 nitrogen and oxygen atoms in total. The Kier molecular flexibility index (Phi) is 5.82. The van der Waals surface area contributed by atoms with Gasteiger partial charge in [0.1, 0.15) is 17.3 Å². The number of nitrogens with zero attached hydrogens (tertiary/aromatic N) is 2. The van der Waals surface area contributed by atoms with E-state index in [1.54, 1.807) is 48.9 Å². The molecule has 2 aromatic carbocycles. The summed E-state index contributed by atoms with van der Waals surface area (Å²) in [7, 11) is 0. The van der Waals surface area contributed by atoms with Crippen LogP contribution in [0, 0.1) is 5.82 Å². The molecule has 2 N–H and O–H groups in total. The maximum absolute atomic E-state index is 13.1. The fourth-order valence-electron chi connectivity index (χ4n) is 2.33. The molecule has 0 saturated carbocycles. The molecule has 0 aliphatic carbocycles. The molecule has 0 saturated heterocycles. The van der Waals surface area contributed by atoms with Crippen molar-refractivity contribution >= 4 is 11.7 Å². The van der Waals surface area contributed by atoms with Gasteiger partial charge in [0.25, 0.3) is 0 Å². The maximum Gasteiger partial charge on any atom is 0.319 e. The molecule has 134 valence electrons. The number of carbonyl (C=O) groups excluding carboxylic acids is 1. The Morgan fingerprint density at radius 1 is 1.15 bits per heavy atom. The Hall–Kier alpha value is -3.35. The summed E-state index contributed by atoms with van der Waals surface area (Å²) >= 11 is 0. The zero-order valence-electron chi connectivity index (χ0n) is 14.1. The van der Waals surface area contributed by atoms with Crippen LogP contribution in [0.25, 0.3) is 0 Å². The summed E-state index contributed by atoms with van der Waals surface area (Å²) in [5.41, 5.74) is 0.642. The summed E-state index contributed by atoms with van der Waals surface area (Å²) < 4.78 is 20.7. The Labute approximate surface area is 150 Å². The third-order valence-corrected chi connectivity index (χ3v) is 3.58. The summed E-state index contributed by atoms with van der Waals surface area (Å²) in [4.78, 5) is 15.8.